The van der Waals surface area contributed by atoms with Gasteiger partial charge in [-0.05, 0) is 44.2 Å². The lowest BCUT2D eigenvalue weighted by Gasteiger charge is -2.35. The first-order valence-corrected chi connectivity index (χ1v) is 12.1. The molecule has 0 aromatic heterocycles. The van der Waals surface area contributed by atoms with Crippen molar-refractivity contribution in [2.45, 2.75) is 31.0 Å². The summed E-state index contributed by atoms with van der Waals surface area (Å²) in [5, 5.41) is 0. The van der Waals surface area contributed by atoms with Crippen molar-refractivity contribution in [1.82, 2.24) is 4.90 Å². The number of amides is 1. The second-order valence-electron chi connectivity index (χ2n) is 7.82. The fourth-order valence-corrected chi connectivity index (χ4v) is 5.13. The minimum absolute atomic E-state index is 0.0409. The Kier molecular flexibility index (Phi) is 7.88. The van der Waals surface area contributed by atoms with E-state index in [1.165, 1.54) is 34.6 Å². The van der Waals surface area contributed by atoms with Crippen LogP contribution in [0.3, 0.4) is 0 Å². The van der Waals surface area contributed by atoms with Gasteiger partial charge in [0.25, 0.3) is 15.9 Å². The molecule has 0 radical (unpaired) electrons. The van der Waals surface area contributed by atoms with E-state index in [2.05, 4.69) is 6.58 Å². The number of anilines is 1. The smallest absolute Gasteiger partial charge is 0.338 e. The highest BCUT2D eigenvalue weighted by Crippen LogP contribution is 2.24. The molecule has 0 N–H and O–H groups in total. The third-order valence-electron chi connectivity index (χ3n) is 5.10. The first kappa shape index (κ1) is 24.5. The van der Waals surface area contributed by atoms with E-state index >= 15 is 0 Å². The maximum atomic E-state index is 13.3. The molecule has 0 bridgehead atoms. The molecular weight excluding hydrogens is 444 g/mol. The molecular formula is C24H28N2O6S. The number of para-hydroxylation sites is 1. The number of esters is 1. The lowest BCUT2D eigenvalue weighted by Crippen LogP contribution is -2.49. The fraction of sp³-hybridized carbons (Fsp3) is 0.333. The number of carbonyl (C=O) groups is 2. The standard InChI is InChI=1S/C24H28N2O6S/c1-4-13-26(21-10-6-5-7-11-21)33(29,30)22-12-8-9-20(14-22)24(28)31-17-23(27)25-15-18(2)32-19(3)16-25/h4-12,14,18-19H,1,13,15-17H2,2-3H3. The van der Waals surface area contributed by atoms with Gasteiger partial charge in [0.15, 0.2) is 6.61 Å². The maximum Gasteiger partial charge on any atom is 0.338 e. The van der Waals surface area contributed by atoms with Gasteiger partial charge in [0.2, 0.25) is 0 Å². The quantitative estimate of drug-likeness (QED) is 0.433. The Hall–Kier alpha value is -3.17. The second-order valence-corrected chi connectivity index (χ2v) is 9.68. The van der Waals surface area contributed by atoms with Crippen molar-refractivity contribution < 1.29 is 27.5 Å². The summed E-state index contributed by atoms with van der Waals surface area (Å²) in [6.45, 7) is 7.87. The van der Waals surface area contributed by atoms with Crippen LogP contribution in [-0.4, -0.2) is 63.6 Å². The van der Waals surface area contributed by atoms with Gasteiger partial charge in [-0.15, -0.1) is 6.58 Å². The normalized spacial score (nSPS) is 18.4. The molecule has 1 saturated heterocycles. The Morgan fingerprint density at radius 3 is 2.42 bits per heavy atom. The minimum atomic E-state index is -3.97. The van der Waals surface area contributed by atoms with Gasteiger partial charge in [-0.25, -0.2) is 13.2 Å². The zero-order valence-corrected chi connectivity index (χ0v) is 19.5. The van der Waals surface area contributed by atoms with Crippen LogP contribution in [0.4, 0.5) is 5.69 Å². The first-order chi connectivity index (χ1) is 15.7. The molecule has 0 aliphatic carbocycles. The highest BCUT2D eigenvalue weighted by Gasteiger charge is 2.27. The van der Waals surface area contributed by atoms with E-state index < -0.39 is 22.6 Å². The van der Waals surface area contributed by atoms with Crippen molar-refractivity contribution in [1.29, 1.82) is 0 Å². The number of carbonyl (C=O) groups excluding carboxylic acids is 2. The van der Waals surface area contributed by atoms with Crippen molar-refractivity contribution in [3.05, 3.63) is 72.8 Å². The molecule has 1 fully saturated rings. The number of hydrogen-bond donors (Lipinski definition) is 0. The molecule has 8 nitrogen and oxygen atoms in total. The largest absolute Gasteiger partial charge is 0.452 e. The highest BCUT2D eigenvalue weighted by molar-refractivity contribution is 7.92. The predicted octanol–water partition coefficient (Wildman–Crippen LogP) is 2.86. The third-order valence-corrected chi connectivity index (χ3v) is 6.89. The Balaban J connectivity index is 1.73. The molecule has 2 atom stereocenters. The molecule has 2 aromatic carbocycles. The number of morpholine rings is 1. The first-order valence-electron chi connectivity index (χ1n) is 10.6. The SMILES string of the molecule is C=CCN(c1ccccc1)S(=O)(=O)c1cccc(C(=O)OCC(=O)N2CC(C)OC(C)C2)c1. The summed E-state index contributed by atoms with van der Waals surface area (Å²) < 4.78 is 38.6. The van der Waals surface area contributed by atoms with Gasteiger partial charge in [-0.3, -0.25) is 9.10 Å². The van der Waals surface area contributed by atoms with Gasteiger partial charge in [0.1, 0.15) is 0 Å². The molecule has 3 rings (SSSR count). The van der Waals surface area contributed by atoms with E-state index in [1.54, 1.807) is 35.2 Å². The van der Waals surface area contributed by atoms with E-state index in [0.29, 0.717) is 18.8 Å². The van der Waals surface area contributed by atoms with E-state index in [9.17, 15) is 18.0 Å². The highest BCUT2D eigenvalue weighted by atomic mass is 32.2. The molecule has 1 heterocycles. The lowest BCUT2D eigenvalue weighted by molar-refractivity contribution is -0.146. The van der Waals surface area contributed by atoms with Crippen LogP contribution in [0.1, 0.15) is 24.2 Å². The van der Waals surface area contributed by atoms with Gasteiger partial charge in [0, 0.05) is 13.1 Å². The van der Waals surface area contributed by atoms with Crippen LogP contribution >= 0.6 is 0 Å². The number of sulfonamides is 1. The number of benzene rings is 2. The van der Waals surface area contributed by atoms with Crippen molar-refractivity contribution in [2.24, 2.45) is 0 Å². The summed E-state index contributed by atoms with van der Waals surface area (Å²) in [6, 6.07) is 14.2. The summed E-state index contributed by atoms with van der Waals surface area (Å²) in [5.41, 5.74) is 0.518. The maximum absolute atomic E-state index is 13.3. The molecule has 2 aromatic rings. The van der Waals surface area contributed by atoms with E-state index in [4.69, 9.17) is 9.47 Å². The predicted molar refractivity (Wildman–Crippen MR) is 124 cm³/mol. The van der Waals surface area contributed by atoms with Crippen LogP contribution in [0.15, 0.2) is 72.1 Å². The number of ether oxygens (including phenoxy) is 2. The second kappa shape index (κ2) is 10.6. The molecule has 9 heteroatoms. The monoisotopic (exact) mass is 472 g/mol. The van der Waals surface area contributed by atoms with E-state index in [-0.39, 0.29) is 35.1 Å². The topological polar surface area (TPSA) is 93.2 Å². The molecule has 176 valence electrons. The van der Waals surface area contributed by atoms with E-state index in [1.807, 2.05) is 13.8 Å². The average Bonchev–Trinajstić information content (AvgIpc) is 2.80. The summed E-state index contributed by atoms with van der Waals surface area (Å²) in [5.74, 6) is -1.10. The van der Waals surface area contributed by atoms with Crippen LogP contribution in [0.2, 0.25) is 0 Å². The number of rotatable bonds is 8. The van der Waals surface area contributed by atoms with Gasteiger partial charge in [0.05, 0.1) is 34.9 Å². The van der Waals surface area contributed by atoms with Crippen LogP contribution in [0.5, 0.6) is 0 Å². The zero-order chi connectivity index (χ0) is 24.0. The van der Waals surface area contributed by atoms with Gasteiger partial charge in [-0.1, -0.05) is 30.3 Å². The zero-order valence-electron chi connectivity index (χ0n) is 18.7. The Labute approximate surface area is 194 Å². The van der Waals surface area contributed by atoms with Crippen LogP contribution in [0, 0.1) is 0 Å². The molecule has 1 aliphatic heterocycles. The molecule has 2 unspecified atom stereocenters. The minimum Gasteiger partial charge on any atom is -0.452 e. The molecule has 33 heavy (non-hydrogen) atoms. The van der Waals surface area contributed by atoms with Crippen molar-refractivity contribution in [3.8, 4) is 0 Å². The summed E-state index contributed by atoms with van der Waals surface area (Å²) >= 11 is 0. The van der Waals surface area contributed by atoms with Crippen LogP contribution < -0.4 is 4.31 Å². The summed E-state index contributed by atoms with van der Waals surface area (Å²) in [7, 11) is -3.97. The van der Waals surface area contributed by atoms with Crippen LogP contribution in [-0.2, 0) is 24.3 Å². The van der Waals surface area contributed by atoms with Gasteiger partial charge >= 0.3 is 5.97 Å². The fourth-order valence-electron chi connectivity index (χ4n) is 3.65. The summed E-state index contributed by atoms with van der Waals surface area (Å²) in [4.78, 5) is 26.5. The van der Waals surface area contributed by atoms with Gasteiger partial charge in [-0.2, -0.15) is 0 Å². The average molecular weight is 473 g/mol. The Morgan fingerprint density at radius 2 is 1.79 bits per heavy atom. The number of hydrogen-bond acceptors (Lipinski definition) is 6. The third kappa shape index (κ3) is 6.00. The molecule has 1 amide bonds. The molecule has 0 saturated carbocycles. The van der Waals surface area contributed by atoms with Crippen molar-refractivity contribution >= 4 is 27.6 Å². The number of nitrogens with zero attached hydrogens (tertiary/aromatic N) is 2. The summed E-state index contributed by atoms with van der Waals surface area (Å²) in [6.07, 6.45) is 1.29. The van der Waals surface area contributed by atoms with Crippen molar-refractivity contribution in [3.63, 3.8) is 0 Å². The Bertz CT molecular complexity index is 1090. The van der Waals surface area contributed by atoms with E-state index in [0.717, 1.165) is 0 Å². The lowest BCUT2D eigenvalue weighted by atomic mass is 10.2. The molecule has 1 aliphatic rings. The van der Waals surface area contributed by atoms with Gasteiger partial charge < -0.3 is 14.4 Å². The van der Waals surface area contributed by atoms with Crippen molar-refractivity contribution in [2.75, 3.05) is 30.5 Å². The molecule has 0 spiro atoms. The Morgan fingerprint density at radius 1 is 1.12 bits per heavy atom. The van der Waals surface area contributed by atoms with Crippen LogP contribution in [0.25, 0.3) is 0 Å².